The van der Waals surface area contributed by atoms with E-state index in [1.807, 2.05) is 41.5 Å². The van der Waals surface area contributed by atoms with E-state index in [1.54, 1.807) is 7.11 Å². The summed E-state index contributed by atoms with van der Waals surface area (Å²) < 4.78 is 5.09. The number of rotatable bonds is 5. The van der Waals surface area contributed by atoms with Gasteiger partial charge in [0.2, 0.25) is 5.91 Å². The summed E-state index contributed by atoms with van der Waals surface area (Å²) in [5.41, 5.74) is -0.401. The van der Waals surface area contributed by atoms with Gasteiger partial charge in [0.15, 0.2) is 0 Å². The van der Waals surface area contributed by atoms with E-state index in [4.69, 9.17) is 4.74 Å². The average molecular weight is 230 g/mol. The number of nitrogens with one attached hydrogen (secondary N) is 2. The van der Waals surface area contributed by atoms with Gasteiger partial charge in [-0.3, -0.25) is 10.1 Å². The van der Waals surface area contributed by atoms with E-state index < -0.39 is 0 Å². The molecule has 2 N–H and O–H groups in total. The lowest BCUT2D eigenvalue weighted by Crippen LogP contribution is -2.56. The van der Waals surface area contributed by atoms with Gasteiger partial charge in [-0.15, -0.1) is 0 Å². The van der Waals surface area contributed by atoms with Crippen LogP contribution in [0.4, 0.5) is 0 Å². The second-order valence-corrected chi connectivity index (χ2v) is 5.92. The van der Waals surface area contributed by atoms with Crippen molar-refractivity contribution in [1.82, 2.24) is 10.6 Å². The molecule has 1 atom stereocenters. The third kappa shape index (κ3) is 6.80. The second kappa shape index (κ2) is 5.64. The SMILES string of the molecule is COCC(C)(C)NC(C)C(=O)NC(C)(C)C. The van der Waals surface area contributed by atoms with Gasteiger partial charge in [-0.05, 0) is 41.5 Å². The van der Waals surface area contributed by atoms with Crippen molar-refractivity contribution < 1.29 is 9.53 Å². The maximum absolute atomic E-state index is 11.8. The first kappa shape index (κ1) is 15.4. The van der Waals surface area contributed by atoms with Crippen molar-refractivity contribution >= 4 is 5.91 Å². The number of ether oxygens (including phenoxy) is 1. The molecular formula is C12H26N2O2. The maximum atomic E-state index is 11.8. The van der Waals surface area contributed by atoms with E-state index in [-0.39, 0.29) is 23.0 Å². The highest BCUT2D eigenvalue weighted by Crippen LogP contribution is 2.05. The molecule has 96 valence electrons. The quantitative estimate of drug-likeness (QED) is 0.748. The summed E-state index contributed by atoms with van der Waals surface area (Å²) >= 11 is 0. The molecule has 0 aliphatic heterocycles. The van der Waals surface area contributed by atoms with Gasteiger partial charge in [0, 0.05) is 18.2 Å². The normalized spacial score (nSPS) is 14.7. The lowest BCUT2D eigenvalue weighted by molar-refractivity contribution is -0.124. The van der Waals surface area contributed by atoms with Crippen molar-refractivity contribution in [3.05, 3.63) is 0 Å². The molecule has 4 heteroatoms. The maximum Gasteiger partial charge on any atom is 0.237 e. The Morgan fingerprint density at radius 2 is 1.75 bits per heavy atom. The molecule has 0 radical (unpaired) electrons. The van der Waals surface area contributed by atoms with Crippen LogP contribution in [0.15, 0.2) is 0 Å². The third-order valence-electron chi connectivity index (χ3n) is 2.00. The van der Waals surface area contributed by atoms with Crippen molar-refractivity contribution in [2.75, 3.05) is 13.7 Å². The largest absolute Gasteiger partial charge is 0.383 e. The van der Waals surface area contributed by atoms with Crippen molar-refractivity contribution in [3.63, 3.8) is 0 Å². The van der Waals surface area contributed by atoms with Crippen LogP contribution < -0.4 is 10.6 Å². The fourth-order valence-corrected chi connectivity index (χ4v) is 1.53. The van der Waals surface area contributed by atoms with E-state index in [9.17, 15) is 4.79 Å². The van der Waals surface area contributed by atoms with E-state index >= 15 is 0 Å². The average Bonchev–Trinajstić information content (AvgIpc) is 1.99. The van der Waals surface area contributed by atoms with Gasteiger partial charge in [0.05, 0.1) is 12.6 Å². The first-order valence-corrected chi connectivity index (χ1v) is 5.66. The molecule has 0 fully saturated rings. The Bertz CT molecular complexity index is 232. The number of methoxy groups -OCH3 is 1. The van der Waals surface area contributed by atoms with Crippen molar-refractivity contribution in [2.45, 2.75) is 58.7 Å². The van der Waals surface area contributed by atoms with Crippen LogP contribution in [0.25, 0.3) is 0 Å². The Morgan fingerprint density at radius 3 is 2.12 bits per heavy atom. The highest BCUT2D eigenvalue weighted by Gasteiger charge is 2.25. The molecule has 0 rings (SSSR count). The molecule has 0 saturated heterocycles. The third-order valence-corrected chi connectivity index (χ3v) is 2.00. The molecule has 0 heterocycles. The zero-order valence-corrected chi connectivity index (χ0v) is 11.6. The Labute approximate surface area is 99.1 Å². The summed E-state index contributed by atoms with van der Waals surface area (Å²) in [7, 11) is 1.66. The monoisotopic (exact) mass is 230 g/mol. The zero-order chi connectivity index (χ0) is 13.0. The fourth-order valence-electron chi connectivity index (χ4n) is 1.53. The molecule has 1 unspecified atom stereocenters. The first-order valence-electron chi connectivity index (χ1n) is 5.66. The highest BCUT2D eigenvalue weighted by atomic mass is 16.5. The molecule has 0 aliphatic carbocycles. The van der Waals surface area contributed by atoms with Gasteiger partial charge >= 0.3 is 0 Å². The summed E-state index contributed by atoms with van der Waals surface area (Å²) in [5, 5.41) is 6.18. The number of hydrogen-bond donors (Lipinski definition) is 2. The molecule has 16 heavy (non-hydrogen) atoms. The Hall–Kier alpha value is -0.610. The van der Waals surface area contributed by atoms with Crippen LogP contribution in [0.5, 0.6) is 0 Å². The van der Waals surface area contributed by atoms with Crippen LogP contribution >= 0.6 is 0 Å². The van der Waals surface area contributed by atoms with E-state index in [0.717, 1.165) is 0 Å². The first-order chi connectivity index (χ1) is 7.07. The standard InChI is InChI=1S/C12H26N2O2/c1-9(10(15)14-11(2,3)4)13-12(5,6)8-16-7/h9,13H,8H2,1-7H3,(H,14,15). The summed E-state index contributed by atoms with van der Waals surface area (Å²) in [5.74, 6) is 0.0108. The minimum atomic E-state index is -0.232. The van der Waals surface area contributed by atoms with Gasteiger partial charge in [0.1, 0.15) is 0 Å². The number of carbonyl (C=O) groups excluding carboxylic acids is 1. The zero-order valence-electron chi connectivity index (χ0n) is 11.6. The van der Waals surface area contributed by atoms with E-state index in [0.29, 0.717) is 6.61 Å². The Morgan fingerprint density at radius 1 is 1.25 bits per heavy atom. The second-order valence-electron chi connectivity index (χ2n) is 5.92. The molecule has 0 spiro atoms. The van der Waals surface area contributed by atoms with Gasteiger partial charge in [-0.25, -0.2) is 0 Å². The van der Waals surface area contributed by atoms with Gasteiger partial charge in [-0.2, -0.15) is 0 Å². The van der Waals surface area contributed by atoms with Crippen molar-refractivity contribution in [1.29, 1.82) is 0 Å². The predicted molar refractivity (Wildman–Crippen MR) is 66.4 cm³/mol. The lowest BCUT2D eigenvalue weighted by atomic mass is 10.0. The van der Waals surface area contributed by atoms with Crippen LogP contribution in [-0.2, 0) is 9.53 Å². The fraction of sp³-hybridized carbons (Fsp3) is 0.917. The summed E-state index contributed by atoms with van der Waals surface area (Å²) in [6, 6.07) is -0.232. The van der Waals surface area contributed by atoms with Crippen LogP contribution in [-0.4, -0.2) is 36.7 Å². The number of carbonyl (C=O) groups is 1. The van der Waals surface area contributed by atoms with Crippen LogP contribution in [0.1, 0.15) is 41.5 Å². The molecular weight excluding hydrogens is 204 g/mol. The smallest absolute Gasteiger partial charge is 0.237 e. The molecule has 0 aromatic rings. The highest BCUT2D eigenvalue weighted by molar-refractivity contribution is 5.82. The van der Waals surface area contributed by atoms with Gasteiger partial charge in [0.25, 0.3) is 0 Å². The minimum Gasteiger partial charge on any atom is -0.383 e. The molecule has 0 saturated carbocycles. The Kier molecular flexibility index (Phi) is 5.42. The van der Waals surface area contributed by atoms with E-state index in [1.165, 1.54) is 0 Å². The van der Waals surface area contributed by atoms with Crippen LogP contribution in [0.2, 0.25) is 0 Å². The molecule has 0 aromatic carbocycles. The topological polar surface area (TPSA) is 50.4 Å². The predicted octanol–water partition coefficient (Wildman–Crippen LogP) is 1.30. The summed E-state index contributed by atoms with van der Waals surface area (Å²) in [6.07, 6.45) is 0. The number of amides is 1. The van der Waals surface area contributed by atoms with Gasteiger partial charge < -0.3 is 10.1 Å². The van der Waals surface area contributed by atoms with Crippen molar-refractivity contribution in [3.8, 4) is 0 Å². The molecule has 1 amide bonds. The van der Waals surface area contributed by atoms with Crippen LogP contribution in [0.3, 0.4) is 0 Å². The summed E-state index contributed by atoms with van der Waals surface area (Å²) in [4.78, 5) is 11.8. The van der Waals surface area contributed by atoms with Crippen molar-refractivity contribution in [2.24, 2.45) is 0 Å². The van der Waals surface area contributed by atoms with Gasteiger partial charge in [-0.1, -0.05) is 0 Å². The molecule has 0 aliphatic rings. The number of hydrogen-bond acceptors (Lipinski definition) is 3. The lowest BCUT2D eigenvalue weighted by Gasteiger charge is -2.31. The van der Waals surface area contributed by atoms with Crippen LogP contribution in [0, 0.1) is 0 Å². The van der Waals surface area contributed by atoms with E-state index in [2.05, 4.69) is 10.6 Å². The Balaban J connectivity index is 4.25. The molecule has 4 nitrogen and oxygen atoms in total. The summed E-state index contributed by atoms with van der Waals surface area (Å²) in [6.45, 7) is 12.4. The minimum absolute atomic E-state index is 0.0108. The molecule has 0 bridgehead atoms. The molecule has 0 aromatic heterocycles.